The topological polar surface area (TPSA) is 131 Å². The Hall–Kier alpha value is -4.66. The van der Waals surface area contributed by atoms with Crippen molar-refractivity contribution in [2.45, 2.75) is 31.5 Å². The Morgan fingerprint density at radius 3 is 2.48 bits per heavy atom. The highest BCUT2D eigenvalue weighted by molar-refractivity contribution is 7.12. The molecular formula is C29H25F4N7O3S. The Morgan fingerprint density at radius 2 is 1.77 bits per heavy atom. The number of benzene rings is 2. The third-order valence-electron chi connectivity index (χ3n) is 8.04. The number of anilines is 3. The van der Waals surface area contributed by atoms with Crippen LogP contribution in [0.25, 0.3) is 10.6 Å². The summed E-state index contributed by atoms with van der Waals surface area (Å²) in [6.07, 6.45) is -1.47. The molecule has 6 rings (SSSR count). The number of hydrogen-bond acceptors (Lipinski definition) is 9. The first kappa shape index (κ1) is 29.4. The van der Waals surface area contributed by atoms with E-state index in [1.165, 1.54) is 24.8 Å². The maximum Gasteiger partial charge on any atom is 0.419 e. The molecule has 4 atom stereocenters. The van der Waals surface area contributed by atoms with Gasteiger partial charge in [0.15, 0.2) is 5.82 Å². The summed E-state index contributed by atoms with van der Waals surface area (Å²) in [5.74, 6) is -3.17. The number of methoxy groups -OCH3 is 1. The summed E-state index contributed by atoms with van der Waals surface area (Å²) in [6.45, 7) is 0. The molecule has 2 amide bonds. The van der Waals surface area contributed by atoms with E-state index in [4.69, 9.17) is 4.74 Å². The number of rotatable bonds is 8. The van der Waals surface area contributed by atoms with Crippen molar-refractivity contribution >= 4 is 40.3 Å². The van der Waals surface area contributed by atoms with Crippen molar-refractivity contribution in [1.82, 2.24) is 25.5 Å². The largest absolute Gasteiger partial charge is 0.480 e. The lowest BCUT2D eigenvalue weighted by Gasteiger charge is -2.31. The highest BCUT2D eigenvalue weighted by Crippen LogP contribution is 2.49. The third kappa shape index (κ3) is 5.78. The molecule has 3 N–H and O–H groups in total. The summed E-state index contributed by atoms with van der Waals surface area (Å²) in [6, 6.07) is 8.99. The molecule has 4 aromatic rings. The van der Waals surface area contributed by atoms with Gasteiger partial charge in [0, 0.05) is 23.0 Å². The highest BCUT2D eigenvalue weighted by atomic mass is 32.1. The molecule has 2 saturated carbocycles. The maximum absolute atomic E-state index is 13.8. The van der Waals surface area contributed by atoms with Gasteiger partial charge in [-0.05, 0) is 73.6 Å². The molecule has 44 heavy (non-hydrogen) atoms. The Balaban J connectivity index is 1.22. The zero-order valence-electron chi connectivity index (χ0n) is 23.1. The fraction of sp³-hybridized carbons (Fsp3) is 0.310. The SMILES string of the molecule is COc1ncnc(Nc2ccc(-c3nncs3)cc2)c1C(=O)NC1C2CCC(C2)[C@@H]1C(=O)Nc1ccc(F)c(C(F)(F)F)c1. The van der Waals surface area contributed by atoms with Crippen molar-refractivity contribution < 1.29 is 31.9 Å². The second-order valence-electron chi connectivity index (χ2n) is 10.6. The molecule has 2 aromatic heterocycles. The Morgan fingerprint density at radius 1 is 1.02 bits per heavy atom. The van der Waals surface area contributed by atoms with Crippen molar-refractivity contribution in [3.05, 3.63) is 71.2 Å². The number of carbonyl (C=O) groups is 2. The zero-order chi connectivity index (χ0) is 31.0. The molecule has 15 heteroatoms. The van der Waals surface area contributed by atoms with Gasteiger partial charge in [-0.2, -0.15) is 13.2 Å². The van der Waals surface area contributed by atoms with E-state index in [0.29, 0.717) is 24.2 Å². The van der Waals surface area contributed by atoms with Crippen LogP contribution in [0.3, 0.4) is 0 Å². The minimum atomic E-state index is -4.92. The van der Waals surface area contributed by atoms with Crippen LogP contribution in [0.4, 0.5) is 34.8 Å². The Bertz CT molecular complexity index is 1690. The summed E-state index contributed by atoms with van der Waals surface area (Å²) in [5.41, 5.74) is 1.50. The van der Waals surface area contributed by atoms with Crippen LogP contribution in [0.15, 0.2) is 54.3 Å². The Labute approximate surface area is 252 Å². The first-order valence-corrected chi connectivity index (χ1v) is 14.5. The summed E-state index contributed by atoms with van der Waals surface area (Å²) in [4.78, 5) is 35.5. The van der Waals surface area contributed by atoms with Crippen molar-refractivity contribution in [3.8, 4) is 16.5 Å². The molecule has 2 aliphatic carbocycles. The second kappa shape index (κ2) is 11.8. The molecule has 2 bridgehead atoms. The summed E-state index contributed by atoms with van der Waals surface area (Å²) in [7, 11) is 1.37. The van der Waals surface area contributed by atoms with Crippen LogP contribution in [0.5, 0.6) is 5.88 Å². The van der Waals surface area contributed by atoms with Crippen molar-refractivity contribution in [2.24, 2.45) is 17.8 Å². The van der Waals surface area contributed by atoms with Gasteiger partial charge < -0.3 is 20.7 Å². The lowest BCUT2D eigenvalue weighted by atomic mass is 9.83. The molecule has 2 aliphatic rings. The molecule has 0 radical (unpaired) electrons. The van der Waals surface area contributed by atoms with Gasteiger partial charge in [0.1, 0.15) is 28.2 Å². The molecule has 2 aromatic carbocycles. The molecule has 228 valence electrons. The van der Waals surface area contributed by atoms with Crippen LogP contribution in [0.1, 0.15) is 35.2 Å². The van der Waals surface area contributed by atoms with E-state index in [9.17, 15) is 27.2 Å². The van der Waals surface area contributed by atoms with E-state index < -0.39 is 41.3 Å². The van der Waals surface area contributed by atoms with Crippen LogP contribution in [-0.2, 0) is 11.0 Å². The molecule has 10 nitrogen and oxygen atoms in total. The Kier molecular flexibility index (Phi) is 7.88. The van der Waals surface area contributed by atoms with E-state index in [1.54, 1.807) is 17.6 Å². The fourth-order valence-corrected chi connectivity index (χ4v) is 6.66. The van der Waals surface area contributed by atoms with Crippen LogP contribution >= 0.6 is 11.3 Å². The predicted octanol–water partition coefficient (Wildman–Crippen LogP) is 5.69. The normalized spacial score (nSPS) is 20.8. The van der Waals surface area contributed by atoms with Crippen LogP contribution in [0.2, 0.25) is 0 Å². The molecule has 2 heterocycles. The predicted molar refractivity (Wildman–Crippen MR) is 153 cm³/mol. The van der Waals surface area contributed by atoms with Crippen LogP contribution in [0, 0.1) is 23.6 Å². The number of fused-ring (bicyclic) bond motifs is 2. The van der Waals surface area contributed by atoms with E-state index in [0.717, 1.165) is 29.5 Å². The number of nitrogens with zero attached hydrogens (tertiary/aromatic N) is 4. The minimum absolute atomic E-state index is 0.0145. The quantitative estimate of drug-likeness (QED) is 0.213. The summed E-state index contributed by atoms with van der Waals surface area (Å²) >= 11 is 1.40. The number of amides is 2. The van der Waals surface area contributed by atoms with E-state index in [1.807, 2.05) is 12.1 Å². The van der Waals surface area contributed by atoms with Gasteiger partial charge in [0.05, 0.1) is 18.6 Å². The summed E-state index contributed by atoms with van der Waals surface area (Å²) < 4.78 is 58.9. The molecular weight excluding hydrogens is 602 g/mol. The fourth-order valence-electron chi connectivity index (χ4n) is 6.10. The average molecular weight is 628 g/mol. The lowest BCUT2D eigenvalue weighted by molar-refractivity contribution is -0.140. The molecule has 0 saturated heterocycles. The van der Waals surface area contributed by atoms with E-state index in [-0.39, 0.29) is 34.8 Å². The van der Waals surface area contributed by atoms with Crippen LogP contribution < -0.4 is 20.7 Å². The van der Waals surface area contributed by atoms with Crippen molar-refractivity contribution in [1.29, 1.82) is 0 Å². The van der Waals surface area contributed by atoms with Gasteiger partial charge in [-0.1, -0.05) is 11.3 Å². The van der Waals surface area contributed by atoms with Gasteiger partial charge in [-0.15, -0.1) is 10.2 Å². The van der Waals surface area contributed by atoms with Gasteiger partial charge >= 0.3 is 6.18 Å². The minimum Gasteiger partial charge on any atom is -0.480 e. The van der Waals surface area contributed by atoms with E-state index in [2.05, 4.69) is 36.1 Å². The highest BCUT2D eigenvalue weighted by Gasteiger charge is 2.51. The number of ether oxygens (including phenoxy) is 1. The summed E-state index contributed by atoms with van der Waals surface area (Å²) in [5, 5.41) is 17.2. The zero-order valence-corrected chi connectivity index (χ0v) is 23.9. The number of halogens is 4. The number of nitrogens with one attached hydrogen (secondary N) is 3. The molecule has 0 aliphatic heterocycles. The second-order valence-corrected chi connectivity index (χ2v) is 11.4. The lowest BCUT2D eigenvalue weighted by Crippen LogP contribution is -2.48. The van der Waals surface area contributed by atoms with Crippen LogP contribution in [-0.4, -0.2) is 45.1 Å². The maximum atomic E-state index is 13.8. The van der Waals surface area contributed by atoms with Gasteiger partial charge in [-0.3, -0.25) is 9.59 Å². The van der Waals surface area contributed by atoms with Crippen molar-refractivity contribution in [3.63, 3.8) is 0 Å². The van der Waals surface area contributed by atoms with Gasteiger partial charge in [0.25, 0.3) is 5.91 Å². The van der Waals surface area contributed by atoms with Gasteiger partial charge in [0.2, 0.25) is 11.8 Å². The monoisotopic (exact) mass is 627 g/mol. The third-order valence-corrected chi connectivity index (χ3v) is 8.78. The molecule has 3 unspecified atom stereocenters. The van der Waals surface area contributed by atoms with Crippen molar-refractivity contribution in [2.75, 3.05) is 17.7 Å². The smallest absolute Gasteiger partial charge is 0.419 e. The first-order valence-electron chi connectivity index (χ1n) is 13.6. The van der Waals surface area contributed by atoms with E-state index >= 15 is 0 Å². The number of alkyl halides is 3. The van der Waals surface area contributed by atoms with Gasteiger partial charge in [-0.25, -0.2) is 14.4 Å². The molecule has 0 spiro atoms. The number of carbonyl (C=O) groups excluding carboxylic acids is 2. The first-order chi connectivity index (χ1) is 21.1. The molecule has 2 fully saturated rings. The average Bonchev–Trinajstić information content (AvgIpc) is 3.77. The number of hydrogen-bond donors (Lipinski definition) is 3. The standard InChI is InChI=1S/C29H25F4N7O3S/c1-43-27-22(24(34-12-35-27)37-17-6-4-14(5-7-17)28-40-36-13-44-28)26(42)39-23-16-3-2-15(10-16)21(23)25(41)38-18-8-9-20(30)19(11-18)29(31,32)33/h4-9,11-13,15-16,21,23H,2-3,10H2,1H3,(H,38,41)(H,39,42)(H,34,35,37)/t15?,16?,21-,23?/m0/s1. The number of aromatic nitrogens is 4.